The average Bonchev–Trinajstić information content (AvgIpc) is 2.67. The number of amides is 1. The number of ether oxygens (including phenoxy) is 1. The number of hydrogen-bond acceptors (Lipinski definition) is 5. The third-order valence-electron chi connectivity index (χ3n) is 4.91. The monoisotopic (exact) mass is 382 g/mol. The Morgan fingerprint density at radius 1 is 1.11 bits per heavy atom. The van der Waals surface area contributed by atoms with Crippen molar-refractivity contribution in [2.75, 3.05) is 50.1 Å². The number of rotatable bonds is 5. The van der Waals surface area contributed by atoms with Crippen LogP contribution in [0.4, 0.5) is 11.5 Å². The van der Waals surface area contributed by atoms with Crippen LogP contribution in [-0.4, -0.2) is 55.6 Å². The summed E-state index contributed by atoms with van der Waals surface area (Å²) in [5.74, 6) is 1.49. The molecule has 3 rings (SSSR count). The number of piperazine rings is 1. The molecule has 1 aliphatic heterocycles. The topological polar surface area (TPSA) is 57.7 Å². The molecule has 2 heterocycles. The molecule has 6 nitrogen and oxygen atoms in total. The fraction of sp³-hybridized carbons (Fsp3) is 0.455. The summed E-state index contributed by atoms with van der Waals surface area (Å²) in [5.41, 5.74) is 1.72. The Kier molecular flexibility index (Phi) is 6.19. The largest absolute Gasteiger partial charge is 0.483 e. The molecule has 0 unspecified atom stereocenters. The smallest absolute Gasteiger partial charge is 0.262 e. The predicted octanol–water partition coefficient (Wildman–Crippen LogP) is 3.15. The highest BCUT2D eigenvalue weighted by Gasteiger charge is 2.19. The van der Waals surface area contributed by atoms with Gasteiger partial charge in [-0.15, -0.1) is 0 Å². The molecule has 150 valence electrons. The van der Waals surface area contributed by atoms with Crippen molar-refractivity contribution in [2.45, 2.75) is 26.2 Å². The van der Waals surface area contributed by atoms with E-state index in [-0.39, 0.29) is 17.9 Å². The Morgan fingerprint density at radius 2 is 1.82 bits per heavy atom. The lowest BCUT2D eigenvalue weighted by Gasteiger charge is -2.33. The van der Waals surface area contributed by atoms with Crippen molar-refractivity contribution in [1.82, 2.24) is 9.88 Å². The van der Waals surface area contributed by atoms with E-state index in [1.54, 1.807) is 6.20 Å². The van der Waals surface area contributed by atoms with Gasteiger partial charge in [0.15, 0.2) is 6.61 Å². The summed E-state index contributed by atoms with van der Waals surface area (Å²) in [6.45, 7) is 10.4. The van der Waals surface area contributed by atoms with Crippen LogP contribution < -0.4 is 15.0 Å². The van der Waals surface area contributed by atoms with Gasteiger partial charge < -0.3 is 19.9 Å². The van der Waals surface area contributed by atoms with E-state index in [0.717, 1.165) is 43.3 Å². The van der Waals surface area contributed by atoms with Crippen LogP contribution in [0.3, 0.4) is 0 Å². The summed E-state index contributed by atoms with van der Waals surface area (Å²) >= 11 is 0. The quantitative estimate of drug-likeness (QED) is 0.861. The maximum atomic E-state index is 12.3. The lowest BCUT2D eigenvalue weighted by Crippen LogP contribution is -2.44. The molecule has 0 spiro atoms. The van der Waals surface area contributed by atoms with Crippen LogP contribution in [0.2, 0.25) is 0 Å². The van der Waals surface area contributed by atoms with Gasteiger partial charge in [0.2, 0.25) is 0 Å². The maximum absolute atomic E-state index is 12.3. The van der Waals surface area contributed by atoms with E-state index in [1.165, 1.54) is 0 Å². The fourth-order valence-corrected chi connectivity index (χ4v) is 3.24. The molecule has 1 amide bonds. The van der Waals surface area contributed by atoms with Crippen molar-refractivity contribution in [3.05, 3.63) is 48.2 Å². The van der Waals surface area contributed by atoms with Crippen LogP contribution in [0.15, 0.2) is 42.6 Å². The van der Waals surface area contributed by atoms with Gasteiger partial charge in [-0.1, -0.05) is 39.0 Å². The van der Waals surface area contributed by atoms with E-state index < -0.39 is 0 Å². The van der Waals surface area contributed by atoms with Gasteiger partial charge in [0.05, 0.1) is 11.9 Å². The first-order chi connectivity index (χ1) is 13.3. The van der Waals surface area contributed by atoms with E-state index in [0.29, 0.717) is 5.69 Å². The van der Waals surface area contributed by atoms with E-state index in [2.05, 4.69) is 47.9 Å². The van der Waals surface area contributed by atoms with Gasteiger partial charge in [-0.05, 0) is 36.2 Å². The Hall–Kier alpha value is -2.60. The van der Waals surface area contributed by atoms with Crippen molar-refractivity contribution in [2.24, 2.45) is 0 Å². The number of benzene rings is 1. The lowest BCUT2D eigenvalue weighted by atomic mass is 9.86. The molecule has 1 N–H and O–H groups in total. The maximum Gasteiger partial charge on any atom is 0.262 e. The predicted molar refractivity (Wildman–Crippen MR) is 113 cm³/mol. The van der Waals surface area contributed by atoms with Crippen molar-refractivity contribution < 1.29 is 9.53 Å². The molecule has 0 saturated carbocycles. The van der Waals surface area contributed by atoms with Gasteiger partial charge in [0.1, 0.15) is 11.6 Å². The molecule has 1 saturated heterocycles. The standard InChI is InChI=1S/C22H30N4O2/c1-22(2,3)18-7-5-6-8-19(18)28-16-21(27)24-17-9-10-20(23-15-17)26-13-11-25(4)12-14-26/h5-10,15H,11-14,16H2,1-4H3,(H,24,27). The molecule has 0 bridgehead atoms. The molecular weight excluding hydrogens is 352 g/mol. The number of pyridine rings is 1. The van der Waals surface area contributed by atoms with Crippen LogP contribution in [0.5, 0.6) is 5.75 Å². The highest BCUT2D eigenvalue weighted by molar-refractivity contribution is 5.91. The van der Waals surface area contributed by atoms with Crippen molar-refractivity contribution in [3.8, 4) is 5.75 Å². The molecule has 1 aromatic carbocycles. The molecule has 6 heteroatoms. The zero-order valence-electron chi connectivity index (χ0n) is 17.2. The molecule has 2 aromatic rings. The van der Waals surface area contributed by atoms with Crippen molar-refractivity contribution in [1.29, 1.82) is 0 Å². The number of likely N-dealkylation sites (N-methyl/N-ethyl adjacent to an activating group) is 1. The number of anilines is 2. The summed E-state index contributed by atoms with van der Waals surface area (Å²) in [5, 5.41) is 2.85. The molecule has 0 atom stereocenters. The van der Waals surface area contributed by atoms with Gasteiger partial charge in [0, 0.05) is 26.2 Å². The fourth-order valence-electron chi connectivity index (χ4n) is 3.24. The van der Waals surface area contributed by atoms with Crippen molar-refractivity contribution in [3.63, 3.8) is 0 Å². The molecule has 0 radical (unpaired) electrons. The molecule has 1 aromatic heterocycles. The minimum Gasteiger partial charge on any atom is -0.483 e. The molecule has 28 heavy (non-hydrogen) atoms. The van der Waals surface area contributed by atoms with Crippen molar-refractivity contribution >= 4 is 17.4 Å². The van der Waals surface area contributed by atoms with Crippen LogP contribution in [0.1, 0.15) is 26.3 Å². The summed E-state index contributed by atoms with van der Waals surface area (Å²) in [6.07, 6.45) is 1.70. The number of carbonyl (C=O) groups excluding carboxylic acids is 1. The lowest BCUT2D eigenvalue weighted by molar-refractivity contribution is -0.118. The summed E-state index contributed by atoms with van der Waals surface area (Å²) in [7, 11) is 2.13. The Labute approximate surface area is 167 Å². The van der Waals surface area contributed by atoms with E-state index >= 15 is 0 Å². The van der Waals surface area contributed by atoms with Gasteiger partial charge in [-0.3, -0.25) is 4.79 Å². The van der Waals surface area contributed by atoms with E-state index in [4.69, 9.17) is 4.74 Å². The second-order valence-electron chi connectivity index (χ2n) is 8.28. The SMILES string of the molecule is CN1CCN(c2ccc(NC(=O)COc3ccccc3C(C)(C)C)cn2)CC1. The molecular formula is C22H30N4O2. The van der Waals surface area contributed by atoms with E-state index in [9.17, 15) is 4.79 Å². The first-order valence-corrected chi connectivity index (χ1v) is 9.74. The number of carbonyl (C=O) groups is 1. The van der Waals surface area contributed by atoms with Crippen LogP contribution in [0, 0.1) is 0 Å². The highest BCUT2D eigenvalue weighted by Crippen LogP contribution is 2.30. The average molecular weight is 383 g/mol. The van der Waals surface area contributed by atoms with Crippen LogP contribution in [0.25, 0.3) is 0 Å². The Balaban J connectivity index is 1.54. The zero-order valence-corrected chi connectivity index (χ0v) is 17.2. The molecule has 1 aliphatic rings. The molecule has 1 fully saturated rings. The first kappa shape index (κ1) is 20.1. The van der Waals surface area contributed by atoms with Gasteiger partial charge in [-0.25, -0.2) is 4.98 Å². The number of nitrogens with zero attached hydrogens (tertiary/aromatic N) is 3. The first-order valence-electron chi connectivity index (χ1n) is 9.74. The molecule has 0 aliphatic carbocycles. The zero-order chi connectivity index (χ0) is 20.1. The number of para-hydroxylation sites is 1. The van der Waals surface area contributed by atoms with Gasteiger partial charge in [-0.2, -0.15) is 0 Å². The van der Waals surface area contributed by atoms with E-state index in [1.807, 2.05) is 36.4 Å². The minimum atomic E-state index is -0.196. The summed E-state index contributed by atoms with van der Waals surface area (Å²) < 4.78 is 5.78. The third kappa shape index (κ3) is 5.23. The van der Waals surface area contributed by atoms with Crippen LogP contribution in [-0.2, 0) is 10.2 Å². The summed E-state index contributed by atoms with van der Waals surface area (Å²) in [4.78, 5) is 21.4. The number of hydrogen-bond donors (Lipinski definition) is 1. The number of aromatic nitrogens is 1. The van der Waals surface area contributed by atoms with Crippen LogP contribution >= 0.6 is 0 Å². The second kappa shape index (κ2) is 8.61. The Bertz CT molecular complexity index is 791. The third-order valence-corrected chi connectivity index (χ3v) is 4.91. The second-order valence-corrected chi connectivity index (χ2v) is 8.28. The highest BCUT2D eigenvalue weighted by atomic mass is 16.5. The normalized spacial score (nSPS) is 15.4. The number of nitrogens with one attached hydrogen (secondary N) is 1. The minimum absolute atomic E-state index is 0.0344. The van der Waals surface area contributed by atoms with Gasteiger partial charge >= 0.3 is 0 Å². The van der Waals surface area contributed by atoms with Gasteiger partial charge in [0.25, 0.3) is 5.91 Å². The summed E-state index contributed by atoms with van der Waals surface area (Å²) in [6, 6.07) is 11.7. The Morgan fingerprint density at radius 3 is 2.46 bits per heavy atom.